The Balaban J connectivity index is 1.75. The van der Waals surface area contributed by atoms with Crippen LogP contribution in [0, 0.1) is 11.8 Å². The lowest BCUT2D eigenvalue weighted by Crippen LogP contribution is -2.50. The van der Waals surface area contributed by atoms with E-state index in [9.17, 15) is 4.79 Å². The van der Waals surface area contributed by atoms with Gasteiger partial charge in [-0.3, -0.25) is 10.2 Å². The number of fused-ring (bicyclic) bond motifs is 1. The van der Waals surface area contributed by atoms with Gasteiger partial charge in [0.1, 0.15) is 11.8 Å². The summed E-state index contributed by atoms with van der Waals surface area (Å²) in [5.41, 5.74) is 7.53. The maximum atomic E-state index is 13.0. The van der Waals surface area contributed by atoms with Gasteiger partial charge in [-0.2, -0.15) is 0 Å². The highest BCUT2D eigenvalue weighted by Gasteiger charge is 2.41. The van der Waals surface area contributed by atoms with Gasteiger partial charge in [0.25, 0.3) is 0 Å². The molecule has 2 saturated heterocycles. The average Bonchev–Trinajstić information content (AvgIpc) is 3.05. The third-order valence-electron chi connectivity index (χ3n) is 5.20. The molecular weight excluding hydrogens is 316 g/mol. The Morgan fingerprint density at radius 3 is 2.88 bits per heavy atom. The van der Waals surface area contributed by atoms with Crippen LogP contribution in [0.25, 0.3) is 0 Å². The fourth-order valence-electron chi connectivity index (χ4n) is 3.93. The lowest BCUT2D eigenvalue weighted by molar-refractivity contribution is -0.124. The minimum absolute atomic E-state index is 0.0546. The number of methoxy groups -OCH3 is 1. The second kappa shape index (κ2) is 8.17. The van der Waals surface area contributed by atoms with E-state index >= 15 is 0 Å². The number of piperidine rings is 1. The van der Waals surface area contributed by atoms with Crippen LogP contribution in [-0.2, 0) is 4.79 Å². The molecule has 0 aromatic heterocycles. The van der Waals surface area contributed by atoms with E-state index in [-0.39, 0.29) is 23.9 Å². The van der Waals surface area contributed by atoms with Crippen LogP contribution in [0.2, 0.25) is 0 Å². The van der Waals surface area contributed by atoms with Crippen LogP contribution >= 0.6 is 0 Å². The number of nitrogens with one attached hydrogen (secondary N) is 4. The third kappa shape index (κ3) is 4.14. The van der Waals surface area contributed by atoms with Crippen LogP contribution in [-0.4, -0.2) is 38.2 Å². The summed E-state index contributed by atoms with van der Waals surface area (Å²) in [6, 6.07) is 8.04. The summed E-state index contributed by atoms with van der Waals surface area (Å²) >= 11 is 0. The van der Waals surface area contributed by atoms with Gasteiger partial charge >= 0.3 is 0 Å². The van der Waals surface area contributed by atoms with Gasteiger partial charge < -0.3 is 15.4 Å². The van der Waals surface area contributed by atoms with Crippen molar-refractivity contribution in [2.24, 2.45) is 11.8 Å². The summed E-state index contributed by atoms with van der Waals surface area (Å²) in [7, 11) is 1.67. The van der Waals surface area contributed by atoms with Gasteiger partial charge in [-0.05, 0) is 31.4 Å². The summed E-state index contributed by atoms with van der Waals surface area (Å²) < 4.78 is 5.51. The predicted octanol–water partition coefficient (Wildman–Crippen LogP) is 1.35. The molecule has 138 valence electrons. The number of rotatable bonds is 6. The van der Waals surface area contributed by atoms with Gasteiger partial charge in [0.2, 0.25) is 5.91 Å². The maximum absolute atomic E-state index is 13.0. The lowest BCUT2D eigenvalue weighted by atomic mass is 9.88. The van der Waals surface area contributed by atoms with Gasteiger partial charge in [0.05, 0.1) is 13.2 Å². The number of benzene rings is 1. The van der Waals surface area contributed by atoms with Gasteiger partial charge in [0.15, 0.2) is 0 Å². The van der Waals surface area contributed by atoms with Crippen molar-refractivity contribution in [3.05, 3.63) is 29.8 Å². The highest BCUT2D eigenvalue weighted by atomic mass is 16.5. The molecule has 1 aromatic rings. The summed E-state index contributed by atoms with van der Waals surface area (Å²) in [5, 5.41) is 6.66. The highest BCUT2D eigenvalue weighted by Crippen LogP contribution is 2.30. The van der Waals surface area contributed by atoms with Gasteiger partial charge in [-0.15, -0.1) is 0 Å². The maximum Gasteiger partial charge on any atom is 0.239 e. The Morgan fingerprint density at radius 1 is 1.32 bits per heavy atom. The first kappa shape index (κ1) is 18.2. The molecule has 0 spiro atoms. The number of carbonyl (C=O) groups excluding carboxylic acids is 1. The predicted molar refractivity (Wildman–Crippen MR) is 98.2 cm³/mol. The van der Waals surface area contributed by atoms with E-state index < -0.39 is 0 Å². The van der Waals surface area contributed by atoms with Crippen LogP contribution in [0.15, 0.2) is 24.3 Å². The zero-order valence-electron chi connectivity index (χ0n) is 15.3. The van der Waals surface area contributed by atoms with E-state index in [4.69, 9.17) is 4.74 Å². The Hall–Kier alpha value is -1.63. The zero-order chi connectivity index (χ0) is 17.8. The normalized spacial score (nSPS) is 27.0. The van der Waals surface area contributed by atoms with E-state index in [1.807, 2.05) is 24.3 Å². The molecule has 2 aliphatic rings. The zero-order valence-corrected chi connectivity index (χ0v) is 15.3. The highest BCUT2D eigenvalue weighted by molar-refractivity contribution is 5.83. The molecule has 25 heavy (non-hydrogen) atoms. The molecular formula is C19H30N4O2. The number of hydrogen-bond donors (Lipinski definition) is 4. The van der Waals surface area contributed by atoms with E-state index in [1.165, 1.54) is 0 Å². The van der Waals surface area contributed by atoms with Crippen molar-refractivity contribution < 1.29 is 9.53 Å². The number of para-hydroxylation sites is 1. The van der Waals surface area contributed by atoms with Crippen LogP contribution in [0.4, 0.5) is 0 Å². The second-order valence-electron chi connectivity index (χ2n) is 7.46. The van der Waals surface area contributed by atoms with Crippen molar-refractivity contribution in [1.82, 2.24) is 21.5 Å². The molecule has 1 amide bonds. The molecule has 3 rings (SSSR count). The Labute approximate surface area is 150 Å². The summed E-state index contributed by atoms with van der Waals surface area (Å²) in [4.78, 5) is 13.0. The minimum atomic E-state index is -0.206. The molecule has 4 atom stereocenters. The largest absolute Gasteiger partial charge is 0.496 e. The van der Waals surface area contributed by atoms with Gasteiger partial charge in [-0.1, -0.05) is 32.0 Å². The number of hydrogen-bond acceptors (Lipinski definition) is 5. The van der Waals surface area contributed by atoms with Crippen molar-refractivity contribution in [3.63, 3.8) is 0 Å². The molecule has 6 heteroatoms. The SMILES string of the molecule is COc1ccccc1C(CC(C)C)NC(=O)C1NNC2CCNCC21. The third-order valence-corrected chi connectivity index (χ3v) is 5.20. The van der Waals surface area contributed by atoms with Crippen LogP contribution in [0.1, 0.15) is 38.3 Å². The first-order chi connectivity index (χ1) is 12.1. The minimum Gasteiger partial charge on any atom is -0.496 e. The van der Waals surface area contributed by atoms with Crippen molar-refractivity contribution in [2.75, 3.05) is 20.2 Å². The average molecular weight is 346 g/mol. The topological polar surface area (TPSA) is 74.4 Å². The van der Waals surface area contributed by atoms with Crippen molar-refractivity contribution in [3.8, 4) is 5.75 Å². The molecule has 2 aliphatic heterocycles. The Kier molecular flexibility index (Phi) is 5.93. The number of amides is 1. The molecule has 1 aromatic carbocycles. The van der Waals surface area contributed by atoms with Crippen molar-refractivity contribution in [2.45, 2.75) is 44.8 Å². The fraction of sp³-hybridized carbons (Fsp3) is 0.632. The molecule has 2 fully saturated rings. The molecule has 4 N–H and O–H groups in total. The molecule has 6 nitrogen and oxygen atoms in total. The molecule has 2 heterocycles. The quantitative estimate of drug-likeness (QED) is 0.626. The van der Waals surface area contributed by atoms with Gasteiger partial charge in [0, 0.05) is 24.1 Å². The van der Waals surface area contributed by atoms with E-state index in [0.29, 0.717) is 12.0 Å². The van der Waals surface area contributed by atoms with E-state index in [2.05, 4.69) is 35.3 Å². The van der Waals surface area contributed by atoms with E-state index in [0.717, 1.165) is 37.2 Å². The Bertz CT molecular complexity index is 593. The Morgan fingerprint density at radius 2 is 2.12 bits per heavy atom. The van der Waals surface area contributed by atoms with Crippen molar-refractivity contribution >= 4 is 5.91 Å². The lowest BCUT2D eigenvalue weighted by Gasteiger charge is -2.29. The molecule has 0 saturated carbocycles. The first-order valence-corrected chi connectivity index (χ1v) is 9.25. The van der Waals surface area contributed by atoms with Crippen LogP contribution in [0.3, 0.4) is 0 Å². The number of ether oxygens (including phenoxy) is 1. The fourth-order valence-corrected chi connectivity index (χ4v) is 3.93. The monoisotopic (exact) mass is 346 g/mol. The van der Waals surface area contributed by atoms with Gasteiger partial charge in [-0.25, -0.2) is 5.43 Å². The molecule has 0 aliphatic carbocycles. The van der Waals surface area contributed by atoms with Crippen LogP contribution < -0.4 is 26.2 Å². The summed E-state index contributed by atoms with van der Waals surface area (Å²) in [5.74, 6) is 1.63. The summed E-state index contributed by atoms with van der Waals surface area (Å²) in [6.45, 7) is 6.21. The number of carbonyl (C=O) groups is 1. The first-order valence-electron chi connectivity index (χ1n) is 9.25. The standard InChI is InChI=1S/C19H30N4O2/c1-12(2)10-16(13-6-4-5-7-17(13)25-3)21-19(24)18-14-11-20-9-8-15(14)22-23-18/h4-7,12,14-16,18,20,22-23H,8-11H2,1-3H3,(H,21,24). The molecule has 0 bridgehead atoms. The smallest absolute Gasteiger partial charge is 0.239 e. The number of hydrazine groups is 1. The molecule has 4 unspecified atom stereocenters. The van der Waals surface area contributed by atoms with Crippen LogP contribution in [0.5, 0.6) is 5.75 Å². The van der Waals surface area contributed by atoms with E-state index in [1.54, 1.807) is 7.11 Å². The van der Waals surface area contributed by atoms with Crippen molar-refractivity contribution in [1.29, 1.82) is 0 Å². The summed E-state index contributed by atoms with van der Waals surface area (Å²) in [6.07, 6.45) is 1.92. The second-order valence-corrected chi connectivity index (χ2v) is 7.46. The molecule has 0 radical (unpaired) electrons.